The second-order valence-electron chi connectivity index (χ2n) is 12.5. The summed E-state index contributed by atoms with van der Waals surface area (Å²) in [6.07, 6.45) is 38.9. The summed E-state index contributed by atoms with van der Waals surface area (Å²) >= 11 is 0. The molecule has 0 aliphatic heterocycles. The van der Waals surface area contributed by atoms with Crippen LogP contribution in [0, 0.1) is 5.92 Å². The van der Waals surface area contributed by atoms with E-state index in [1.54, 1.807) is 0 Å². The van der Waals surface area contributed by atoms with Crippen LogP contribution in [0.5, 0.6) is 0 Å². The summed E-state index contributed by atoms with van der Waals surface area (Å²) in [7, 11) is 0. The van der Waals surface area contributed by atoms with Crippen molar-refractivity contribution in [1.82, 2.24) is 0 Å². The Morgan fingerprint density at radius 2 is 0.933 bits per heavy atom. The fourth-order valence-electron chi connectivity index (χ4n) is 4.77. The van der Waals surface area contributed by atoms with Crippen LogP contribution in [-0.4, -0.2) is 48.1 Å². The molecular weight excluding hydrogens is 564 g/mol. The van der Waals surface area contributed by atoms with Crippen molar-refractivity contribution in [3.05, 3.63) is 48.6 Å². The van der Waals surface area contributed by atoms with Crippen molar-refractivity contribution < 1.29 is 29.3 Å². The van der Waals surface area contributed by atoms with Crippen molar-refractivity contribution in [3.8, 4) is 0 Å². The van der Waals surface area contributed by atoms with Gasteiger partial charge in [0.1, 0.15) is 19.3 Å². The Bertz CT molecular complexity index is 782. The van der Waals surface area contributed by atoms with Crippen molar-refractivity contribution in [1.29, 1.82) is 0 Å². The highest BCUT2D eigenvalue weighted by Gasteiger charge is 2.12. The zero-order valence-corrected chi connectivity index (χ0v) is 29.0. The lowest BCUT2D eigenvalue weighted by Crippen LogP contribution is -2.25. The fraction of sp³-hybridized carbons (Fsp3) is 0.744. The van der Waals surface area contributed by atoms with Gasteiger partial charge in [0.25, 0.3) is 0 Å². The van der Waals surface area contributed by atoms with Crippen LogP contribution in [0.4, 0.5) is 0 Å². The highest BCUT2D eigenvalue weighted by atomic mass is 16.6. The summed E-state index contributed by atoms with van der Waals surface area (Å²) < 4.78 is 10.3. The molecule has 0 aromatic carbocycles. The summed E-state index contributed by atoms with van der Waals surface area (Å²) in [5.41, 5.74) is 0. The zero-order chi connectivity index (χ0) is 33.1. The third kappa shape index (κ3) is 36.2. The van der Waals surface area contributed by atoms with Crippen LogP contribution in [0.15, 0.2) is 48.6 Å². The number of allylic oxidation sites excluding steroid dienone is 8. The Morgan fingerprint density at radius 3 is 1.42 bits per heavy atom. The third-order valence-electron chi connectivity index (χ3n) is 7.55. The Labute approximate surface area is 276 Å². The van der Waals surface area contributed by atoms with E-state index >= 15 is 0 Å². The Balaban J connectivity index is 3.56. The number of aliphatic hydroxyl groups is 2. The van der Waals surface area contributed by atoms with Crippen molar-refractivity contribution in [3.63, 3.8) is 0 Å². The van der Waals surface area contributed by atoms with Gasteiger partial charge in [0, 0.05) is 19.4 Å². The molecule has 0 fully saturated rings. The predicted molar refractivity (Wildman–Crippen MR) is 188 cm³/mol. The lowest BCUT2D eigenvalue weighted by atomic mass is 10.0. The van der Waals surface area contributed by atoms with E-state index in [-0.39, 0.29) is 25.2 Å². The van der Waals surface area contributed by atoms with Gasteiger partial charge in [0.2, 0.25) is 0 Å². The molecule has 0 aliphatic rings. The van der Waals surface area contributed by atoms with E-state index in [0.29, 0.717) is 25.9 Å². The standard InChI is InChI=1S/C39H68O6/c1-36(2)30-26-22-18-14-11-12-16-20-24-28-32-39(43)45-35-37(41)34-44-38(42)31-27-23-19-15-10-8-6-4-3-5-7-9-13-17-21-25-29-33-40/h3,5-6,8-9,13,15,19,36-37,40-41H,4,7,10-12,14,16-18,20-35H2,1-2H3/b5-3-,8-6-,13-9-,19-15-/t37-/m0/s1. The first kappa shape index (κ1) is 42.8. The number of carbonyl (C=O) groups is 2. The summed E-state index contributed by atoms with van der Waals surface area (Å²) in [5, 5.41) is 18.7. The van der Waals surface area contributed by atoms with Gasteiger partial charge in [-0.2, -0.15) is 0 Å². The lowest BCUT2D eigenvalue weighted by Gasteiger charge is -2.12. The minimum absolute atomic E-state index is 0.140. The number of rotatable bonds is 32. The van der Waals surface area contributed by atoms with Crippen molar-refractivity contribution >= 4 is 11.9 Å². The Morgan fingerprint density at radius 1 is 0.533 bits per heavy atom. The average Bonchev–Trinajstić information content (AvgIpc) is 3.02. The predicted octanol–water partition coefficient (Wildman–Crippen LogP) is 9.89. The molecule has 6 heteroatoms. The van der Waals surface area contributed by atoms with E-state index < -0.39 is 6.10 Å². The molecule has 0 aliphatic carbocycles. The maximum Gasteiger partial charge on any atom is 0.305 e. The second kappa shape index (κ2) is 34.7. The molecule has 45 heavy (non-hydrogen) atoms. The van der Waals surface area contributed by atoms with Gasteiger partial charge in [-0.05, 0) is 63.7 Å². The highest BCUT2D eigenvalue weighted by Crippen LogP contribution is 2.14. The summed E-state index contributed by atoms with van der Waals surface area (Å²) in [6.45, 7) is 4.58. The molecule has 0 saturated carbocycles. The number of ether oxygens (including phenoxy) is 2. The van der Waals surface area contributed by atoms with E-state index in [1.807, 2.05) is 0 Å². The molecule has 0 spiro atoms. The second-order valence-corrected chi connectivity index (χ2v) is 12.5. The molecule has 0 bridgehead atoms. The van der Waals surface area contributed by atoms with Crippen LogP contribution in [0.1, 0.15) is 155 Å². The molecule has 0 heterocycles. The maximum absolute atomic E-state index is 11.9. The summed E-state index contributed by atoms with van der Waals surface area (Å²) in [6, 6.07) is 0. The van der Waals surface area contributed by atoms with Gasteiger partial charge in [-0.1, -0.05) is 133 Å². The maximum atomic E-state index is 11.9. The van der Waals surface area contributed by atoms with Gasteiger partial charge in [-0.25, -0.2) is 0 Å². The molecule has 0 amide bonds. The smallest absolute Gasteiger partial charge is 0.305 e. The van der Waals surface area contributed by atoms with Crippen LogP contribution in [0.2, 0.25) is 0 Å². The Kier molecular flexibility index (Phi) is 33.0. The van der Waals surface area contributed by atoms with E-state index in [4.69, 9.17) is 14.6 Å². The number of carbonyl (C=O) groups excluding carboxylic acids is 2. The summed E-state index contributed by atoms with van der Waals surface area (Å²) in [5.74, 6) is 0.176. The normalized spacial score (nSPS) is 12.8. The third-order valence-corrected chi connectivity index (χ3v) is 7.55. The van der Waals surface area contributed by atoms with E-state index in [9.17, 15) is 14.7 Å². The molecule has 0 unspecified atom stereocenters. The first-order chi connectivity index (χ1) is 22.0. The van der Waals surface area contributed by atoms with Crippen molar-refractivity contribution in [2.75, 3.05) is 19.8 Å². The van der Waals surface area contributed by atoms with E-state index in [0.717, 1.165) is 76.5 Å². The SMILES string of the molecule is CC(C)CCCCCCCCCCCCC(=O)OC[C@@H](O)COC(=O)CCC/C=C\C/C=C\C/C=C\C/C=C\CCCCCO. The minimum atomic E-state index is -0.992. The van der Waals surface area contributed by atoms with Crippen molar-refractivity contribution in [2.24, 2.45) is 5.92 Å². The van der Waals surface area contributed by atoms with Gasteiger partial charge in [-0.15, -0.1) is 0 Å². The van der Waals surface area contributed by atoms with Gasteiger partial charge < -0.3 is 19.7 Å². The van der Waals surface area contributed by atoms with Crippen LogP contribution in [-0.2, 0) is 19.1 Å². The molecule has 0 aromatic rings. The van der Waals surface area contributed by atoms with Crippen LogP contribution in [0.25, 0.3) is 0 Å². The van der Waals surface area contributed by atoms with E-state index in [1.165, 1.54) is 51.4 Å². The Hall–Kier alpha value is -2.18. The molecule has 0 aromatic heterocycles. The number of aliphatic hydroxyl groups excluding tert-OH is 2. The van der Waals surface area contributed by atoms with Gasteiger partial charge in [-0.3, -0.25) is 9.59 Å². The molecule has 0 saturated heterocycles. The molecule has 6 nitrogen and oxygen atoms in total. The van der Waals surface area contributed by atoms with Gasteiger partial charge in [0.05, 0.1) is 0 Å². The monoisotopic (exact) mass is 633 g/mol. The summed E-state index contributed by atoms with van der Waals surface area (Å²) in [4.78, 5) is 23.8. The molecule has 1 atom stereocenters. The first-order valence-corrected chi connectivity index (χ1v) is 18.2. The first-order valence-electron chi connectivity index (χ1n) is 18.2. The number of unbranched alkanes of at least 4 members (excludes halogenated alkanes) is 13. The topological polar surface area (TPSA) is 93.1 Å². The van der Waals surface area contributed by atoms with Crippen LogP contribution >= 0.6 is 0 Å². The van der Waals surface area contributed by atoms with Crippen molar-refractivity contribution in [2.45, 2.75) is 161 Å². The molecular formula is C39H68O6. The quantitative estimate of drug-likeness (QED) is 0.0436. The molecule has 2 N–H and O–H groups in total. The zero-order valence-electron chi connectivity index (χ0n) is 29.0. The highest BCUT2D eigenvalue weighted by molar-refractivity contribution is 5.69. The molecule has 0 radical (unpaired) electrons. The van der Waals surface area contributed by atoms with Gasteiger partial charge in [0.15, 0.2) is 0 Å². The van der Waals surface area contributed by atoms with Gasteiger partial charge >= 0.3 is 11.9 Å². The number of hydrogen-bond acceptors (Lipinski definition) is 6. The fourth-order valence-corrected chi connectivity index (χ4v) is 4.77. The van der Waals surface area contributed by atoms with Crippen LogP contribution < -0.4 is 0 Å². The largest absolute Gasteiger partial charge is 0.463 e. The minimum Gasteiger partial charge on any atom is -0.463 e. The van der Waals surface area contributed by atoms with Crippen LogP contribution in [0.3, 0.4) is 0 Å². The molecule has 0 rings (SSSR count). The number of hydrogen-bond donors (Lipinski definition) is 2. The molecule has 260 valence electrons. The average molecular weight is 633 g/mol. The number of esters is 2. The van der Waals surface area contributed by atoms with E-state index in [2.05, 4.69) is 62.5 Å². The lowest BCUT2D eigenvalue weighted by molar-refractivity contribution is -0.152.